The molecular formula is C18H20ClNO. The van der Waals surface area contributed by atoms with Crippen LogP contribution in [0.3, 0.4) is 0 Å². The minimum atomic E-state index is 0.119. The first-order valence-corrected chi connectivity index (χ1v) is 7.38. The summed E-state index contributed by atoms with van der Waals surface area (Å²) < 4.78 is 0. The highest BCUT2D eigenvalue weighted by atomic mass is 35.5. The third-order valence-corrected chi connectivity index (χ3v) is 4.01. The molecule has 0 spiro atoms. The lowest BCUT2D eigenvalue weighted by Gasteiger charge is -2.17. The molecule has 3 heteroatoms. The molecule has 110 valence electrons. The first kappa shape index (κ1) is 15.6. The molecule has 0 atom stereocenters. The molecule has 2 aromatic rings. The number of halogens is 1. The monoisotopic (exact) mass is 301 g/mol. The van der Waals surface area contributed by atoms with E-state index in [1.807, 2.05) is 38.1 Å². The Labute approximate surface area is 131 Å². The lowest BCUT2D eigenvalue weighted by molar-refractivity contribution is 0.101. The zero-order valence-corrected chi connectivity index (χ0v) is 13.6. The summed E-state index contributed by atoms with van der Waals surface area (Å²) in [6.45, 7) is 8.40. The number of rotatable bonds is 4. The van der Waals surface area contributed by atoms with Crippen LogP contribution in [-0.2, 0) is 6.54 Å². The zero-order chi connectivity index (χ0) is 15.6. The Balaban J connectivity index is 2.32. The Morgan fingerprint density at radius 3 is 2.48 bits per heavy atom. The summed E-state index contributed by atoms with van der Waals surface area (Å²) in [7, 11) is 0. The first-order valence-electron chi connectivity index (χ1n) is 7.00. The van der Waals surface area contributed by atoms with Gasteiger partial charge in [-0.2, -0.15) is 0 Å². The summed E-state index contributed by atoms with van der Waals surface area (Å²) in [4.78, 5) is 11.8. The first-order chi connectivity index (χ1) is 9.90. The van der Waals surface area contributed by atoms with Crippen molar-refractivity contribution in [2.75, 3.05) is 5.32 Å². The molecule has 0 fully saturated rings. The van der Waals surface area contributed by atoms with Crippen LogP contribution in [0.5, 0.6) is 0 Å². The molecule has 21 heavy (non-hydrogen) atoms. The number of nitrogens with one attached hydrogen (secondary N) is 1. The Hall–Kier alpha value is -1.80. The van der Waals surface area contributed by atoms with E-state index in [1.54, 1.807) is 6.92 Å². The summed E-state index contributed by atoms with van der Waals surface area (Å²) in [6, 6.07) is 9.73. The highest BCUT2D eigenvalue weighted by molar-refractivity contribution is 6.30. The van der Waals surface area contributed by atoms with Gasteiger partial charge in [0, 0.05) is 22.8 Å². The largest absolute Gasteiger partial charge is 0.381 e. The molecule has 2 aromatic carbocycles. The molecule has 0 radical (unpaired) electrons. The smallest absolute Gasteiger partial charge is 0.160 e. The van der Waals surface area contributed by atoms with Crippen molar-refractivity contribution in [3.8, 4) is 0 Å². The number of Topliss-reactive ketones (excluding diaryl/α,β-unsaturated/α-hetero) is 1. The quantitative estimate of drug-likeness (QED) is 0.798. The Morgan fingerprint density at radius 1 is 1.14 bits per heavy atom. The van der Waals surface area contributed by atoms with E-state index in [2.05, 4.69) is 18.3 Å². The second-order valence-corrected chi connectivity index (χ2v) is 5.85. The van der Waals surface area contributed by atoms with Crippen molar-refractivity contribution in [1.29, 1.82) is 0 Å². The SMILES string of the molecule is CC(=O)c1c(C)cc(C)c(CNc2cccc(Cl)c2)c1C. The summed E-state index contributed by atoms with van der Waals surface area (Å²) >= 11 is 5.99. The van der Waals surface area contributed by atoms with Crippen LogP contribution in [0.2, 0.25) is 5.02 Å². The number of ketones is 1. The predicted octanol–water partition coefficient (Wildman–Crippen LogP) is 5.08. The van der Waals surface area contributed by atoms with Gasteiger partial charge in [0.1, 0.15) is 0 Å². The molecule has 0 heterocycles. The van der Waals surface area contributed by atoms with Crippen LogP contribution >= 0.6 is 11.6 Å². The Kier molecular flexibility index (Phi) is 4.69. The summed E-state index contributed by atoms with van der Waals surface area (Å²) in [5, 5.41) is 4.08. The van der Waals surface area contributed by atoms with Gasteiger partial charge >= 0.3 is 0 Å². The molecule has 1 N–H and O–H groups in total. The maximum atomic E-state index is 11.8. The zero-order valence-electron chi connectivity index (χ0n) is 12.9. The number of aryl methyl sites for hydroxylation is 2. The van der Waals surface area contributed by atoms with Gasteiger partial charge in [0.05, 0.1) is 0 Å². The van der Waals surface area contributed by atoms with Crippen molar-refractivity contribution in [3.63, 3.8) is 0 Å². The topological polar surface area (TPSA) is 29.1 Å². The molecule has 2 rings (SSSR count). The third kappa shape index (κ3) is 3.45. The molecular weight excluding hydrogens is 282 g/mol. The van der Waals surface area contributed by atoms with Crippen LogP contribution in [0.15, 0.2) is 30.3 Å². The fraction of sp³-hybridized carbons (Fsp3) is 0.278. The van der Waals surface area contributed by atoms with Gasteiger partial charge in [0.25, 0.3) is 0 Å². The van der Waals surface area contributed by atoms with Gasteiger partial charge in [0.2, 0.25) is 0 Å². The number of hydrogen-bond donors (Lipinski definition) is 1. The number of hydrogen-bond acceptors (Lipinski definition) is 2. The van der Waals surface area contributed by atoms with Gasteiger partial charge in [0.15, 0.2) is 5.78 Å². The molecule has 0 saturated carbocycles. The molecule has 0 aromatic heterocycles. The van der Waals surface area contributed by atoms with Gasteiger partial charge in [-0.25, -0.2) is 0 Å². The number of carbonyl (C=O) groups is 1. The Morgan fingerprint density at radius 2 is 1.86 bits per heavy atom. The number of benzene rings is 2. The lowest BCUT2D eigenvalue weighted by atomic mass is 9.91. The normalized spacial score (nSPS) is 10.5. The lowest BCUT2D eigenvalue weighted by Crippen LogP contribution is -2.09. The summed E-state index contributed by atoms with van der Waals surface area (Å²) in [5.74, 6) is 0.119. The highest BCUT2D eigenvalue weighted by Crippen LogP contribution is 2.24. The molecule has 0 amide bonds. The number of carbonyl (C=O) groups excluding carboxylic acids is 1. The highest BCUT2D eigenvalue weighted by Gasteiger charge is 2.14. The van der Waals surface area contributed by atoms with Gasteiger partial charge in [-0.1, -0.05) is 23.7 Å². The predicted molar refractivity (Wildman–Crippen MR) is 89.4 cm³/mol. The molecule has 0 aliphatic carbocycles. The van der Waals surface area contributed by atoms with E-state index in [0.29, 0.717) is 11.6 Å². The standard InChI is InChI=1S/C18H20ClNO/c1-11-8-12(2)18(14(4)21)13(3)17(11)10-20-16-7-5-6-15(19)9-16/h5-9,20H,10H2,1-4H3. The van der Waals surface area contributed by atoms with Crippen molar-refractivity contribution >= 4 is 23.1 Å². The van der Waals surface area contributed by atoms with Gasteiger partial charge in [-0.15, -0.1) is 0 Å². The van der Waals surface area contributed by atoms with Crippen molar-refractivity contribution in [2.45, 2.75) is 34.2 Å². The van der Waals surface area contributed by atoms with E-state index in [0.717, 1.165) is 22.4 Å². The van der Waals surface area contributed by atoms with Crippen LogP contribution in [0.4, 0.5) is 5.69 Å². The van der Waals surface area contributed by atoms with E-state index >= 15 is 0 Å². The fourth-order valence-electron chi connectivity index (χ4n) is 2.83. The van der Waals surface area contributed by atoms with Crippen LogP contribution in [-0.4, -0.2) is 5.78 Å². The maximum Gasteiger partial charge on any atom is 0.160 e. The van der Waals surface area contributed by atoms with Crippen LogP contribution < -0.4 is 5.32 Å². The molecule has 0 bridgehead atoms. The van der Waals surface area contributed by atoms with Crippen LogP contribution in [0, 0.1) is 20.8 Å². The van der Waals surface area contributed by atoms with Crippen LogP contribution in [0.1, 0.15) is 39.5 Å². The molecule has 2 nitrogen and oxygen atoms in total. The minimum Gasteiger partial charge on any atom is -0.381 e. The molecule has 0 saturated heterocycles. The average Bonchev–Trinajstić information content (AvgIpc) is 2.37. The van der Waals surface area contributed by atoms with E-state index in [9.17, 15) is 4.79 Å². The molecule has 0 aliphatic heterocycles. The van der Waals surface area contributed by atoms with Crippen molar-refractivity contribution in [1.82, 2.24) is 0 Å². The van der Waals surface area contributed by atoms with Crippen LogP contribution in [0.25, 0.3) is 0 Å². The Bertz CT molecular complexity index is 692. The van der Waals surface area contributed by atoms with Gasteiger partial charge in [-0.05, 0) is 68.1 Å². The minimum absolute atomic E-state index is 0.119. The molecule has 0 aliphatic rings. The molecule has 0 unspecified atom stereocenters. The second-order valence-electron chi connectivity index (χ2n) is 5.41. The second kappa shape index (κ2) is 6.31. The fourth-order valence-corrected chi connectivity index (χ4v) is 3.02. The van der Waals surface area contributed by atoms with Gasteiger partial charge in [-0.3, -0.25) is 4.79 Å². The summed E-state index contributed by atoms with van der Waals surface area (Å²) in [5.41, 5.74) is 6.29. The van der Waals surface area contributed by atoms with E-state index < -0.39 is 0 Å². The van der Waals surface area contributed by atoms with E-state index in [4.69, 9.17) is 11.6 Å². The van der Waals surface area contributed by atoms with Crippen molar-refractivity contribution in [3.05, 3.63) is 63.2 Å². The van der Waals surface area contributed by atoms with Gasteiger partial charge < -0.3 is 5.32 Å². The number of anilines is 1. The maximum absolute atomic E-state index is 11.8. The van der Waals surface area contributed by atoms with E-state index in [-0.39, 0.29) is 5.78 Å². The average molecular weight is 302 g/mol. The van der Waals surface area contributed by atoms with E-state index in [1.165, 1.54) is 11.1 Å². The van der Waals surface area contributed by atoms with Crippen molar-refractivity contribution < 1.29 is 4.79 Å². The third-order valence-electron chi connectivity index (χ3n) is 3.78. The summed E-state index contributed by atoms with van der Waals surface area (Å²) in [6.07, 6.45) is 0. The van der Waals surface area contributed by atoms with Crippen molar-refractivity contribution in [2.24, 2.45) is 0 Å².